The van der Waals surface area contributed by atoms with Gasteiger partial charge in [0, 0.05) is 43.0 Å². The van der Waals surface area contributed by atoms with Gasteiger partial charge < -0.3 is 10.0 Å². The van der Waals surface area contributed by atoms with Crippen LogP contribution in [0.4, 0.5) is 5.82 Å². The molecule has 1 N–H and O–H groups in total. The van der Waals surface area contributed by atoms with Crippen molar-refractivity contribution >= 4 is 11.8 Å². The Bertz CT molecular complexity index is 1050. The van der Waals surface area contributed by atoms with Crippen molar-refractivity contribution in [3.63, 3.8) is 0 Å². The first kappa shape index (κ1) is 21.9. The van der Waals surface area contributed by atoms with E-state index in [9.17, 15) is 4.79 Å². The normalized spacial score (nSPS) is 13.1. The third-order valence-electron chi connectivity index (χ3n) is 5.94. The van der Waals surface area contributed by atoms with Gasteiger partial charge in [-0.1, -0.05) is 42.7 Å². The maximum absolute atomic E-state index is 10.7. The number of benzene rings is 1. The third-order valence-corrected chi connectivity index (χ3v) is 5.94. The molecule has 1 aliphatic heterocycles. The van der Waals surface area contributed by atoms with Crippen molar-refractivity contribution in [1.29, 1.82) is 0 Å². The molecule has 0 amide bonds. The molecule has 1 aliphatic rings. The van der Waals surface area contributed by atoms with Gasteiger partial charge in [0.25, 0.3) is 0 Å². The fourth-order valence-electron chi connectivity index (χ4n) is 4.20. The topological polar surface area (TPSA) is 79.2 Å². The van der Waals surface area contributed by atoms with Gasteiger partial charge in [0.1, 0.15) is 0 Å². The summed E-state index contributed by atoms with van der Waals surface area (Å²) in [6.07, 6.45) is 9.63. The van der Waals surface area contributed by atoms with E-state index in [-0.39, 0.29) is 6.42 Å². The first-order valence-corrected chi connectivity index (χ1v) is 11.5. The van der Waals surface area contributed by atoms with Crippen molar-refractivity contribution < 1.29 is 9.90 Å². The van der Waals surface area contributed by atoms with E-state index in [4.69, 9.17) is 15.1 Å². The van der Waals surface area contributed by atoms with E-state index in [1.807, 2.05) is 12.1 Å². The number of hydrogen-bond acceptors (Lipinski definition) is 5. The number of carboxylic acid groups (broad SMARTS) is 1. The molecule has 3 aromatic rings. The summed E-state index contributed by atoms with van der Waals surface area (Å²) in [5.41, 5.74) is 6.19. The Balaban J connectivity index is 1.60. The Morgan fingerprint density at radius 1 is 0.938 bits per heavy atom. The molecule has 32 heavy (non-hydrogen) atoms. The molecule has 166 valence electrons. The van der Waals surface area contributed by atoms with Crippen LogP contribution in [0.5, 0.6) is 0 Å². The highest BCUT2D eigenvalue weighted by Gasteiger charge is 2.23. The molecule has 0 spiro atoms. The van der Waals surface area contributed by atoms with Crippen LogP contribution in [0.2, 0.25) is 0 Å². The molecule has 0 radical (unpaired) electrons. The number of aromatic nitrogens is 3. The predicted molar refractivity (Wildman–Crippen MR) is 127 cm³/mol. The summed E-state index contributed by atoms with van der Waals surface area (Å²) in [5.74, 6) is 0.286. The lowest BCUT2D eigenvalue weighted by molar-refractivity contribution is -0.137. The third kappa shape index (κ3) is 5.31. The Morgan fingerprint density at radius 3 is 2.38 bits per heavy atom. The fraction of sp³-hybridized carbons (Fsp3) is 0.385. The van der Waals surface area contributed by atoms with Crippen molar-refractivity contribution in [3.8, 4) is 22.5 Å². The Labute approximate surface area is 189 Å². The van der Waals surface area contributed by atoms with Crippen molar-refractivity contribution in [2.75, 3.05) is 18.0 Å². The monoisotopic (exact) mass is 430 g/mol. The van der Waals surface area contributed by atoms with E-state index in [2.05, 4.69) is 41.1 Å². The number of fused-ring (bicyclic) bond motifs is 1. The molecule has 0 saturated carbocycles. The second-order valence-electron chi connectivity index (χ2n) is 8.44. The number of nitrogens with zero attached hydrogens (tertiary/aromatic N) is 4. The molecule has 2 aromatic heterocycles. The number of pyridine rings is 1. The van der Waals surface area contributed by atoms with E-state index in [0.717, 1.165) is 85.6 Å². The average molecular weight is 431 g/mol. The van der Waals surface area contributed by atoms with Gasteiger partial charge in [0.05, 0.1) is 17.1 Å². The van der Waals surface area contributed by atoms with Crippen LogP contribution in [0.1, 0.15) is 49.8 Å². The van der Waals surface area contributed by atoms with Gasteiger partial charge in [-0.15, -0.1) is 0 Å². The lowest BCUT2D eigenvalue weighted by Crippen LogP contribution is -2.32. The summed E-state index contributed by atoms with van der Waals surface area (Å²) in [5, 5.41) is 8.80. The molecule has 0 saturated heterocycles. The Kier molecular flexibility index (Phi) is 7.10. The zero-order valence-corrected chi connectivity index (χ0v) is 18.6. The highest BCUT2D eigenvalue weighted by molar-refractivity contribution is 5.79. The molecule has 0 atom stereocenters. The van der Waals surface area contributed by atoms with Crippen molar-refractivity contribution in [1.82, 2.24) is 15.0 Å². The Hall–Kier alpha value is -3.28. The van der Waals surface area contributed by atoms with Crippen LogP contribution >= 0.6 is 0 Å². The molecular formula is C26H30N4O2. The average Bonchev–Trinajstić information content (AvgIpc) is 2.81. The Morgan fingerprint density at radius 2 is 1.62 bits per heavy atom. The molecular weight excluding hydrogens is 400 g/mol. The molecule has 0 bridgehead atoms. The summed E-state index contributed by atoms with van der Waals surface area (Å²) in [6, 6.07) is 12.4. The fourth-order valence-corrected chi connectivity index (χ4v) is 4.20. The summed E-state index contributed by atoms with van der Waals surface area (Å²) < 4.78 is 0. The summed E-state index contributed by atoms with van der Waals surface area (Å²) in [6.45, 7) is 4.00. The van der Waals surface area contributed by atoms with Gasteiger partial charge in [-0.2, -0.15) is 0 Å². The highest BCUT2D eigenvalue weighted by Crippen LogP contribution is 2.34. The number of carboxylic acids is 1. The number of aryl methyl sites for hydroxylation is 2. The van der Waals surface area contributed by atoms with Gasteiger partial charge in [0.2, 0.25) is 0 Å². The van der Waals surface area contributed by atoms with Crippen LogP contribution in [-0.2, 0) is 11.2 Å². The molecule has 6 nitrogen and oxygen atoms in total. The van der Waals surface area contributed by atoms with E-state index in [0.29, 0.717) is 0 Å². The maximum Gasteiger partial charge on any atom is 0.303 e. The van der Waals surface area contributed by atoms with Crippen LogP contribution in [-0.4, -0.2) is 39.1 Å². The molecule has 4 rings (SSSR count). The van der Waals surface area contributed by atoms with E-state index in [1.54, 1.807) is 12.4 Å². The van der Waals surface area contributed by atoms with Crippen LogP contribution in [0.25, 0.3) is 22.5 Å². The summed E-state index contributed by atoms with van der Waals surface area (Å²) >= 11 is 0. The molecule has 0 aliphatic carbocycles. The van der Waals surface area contributed by atoms with Crippen molar-refractivity contribution in [2.45, 2.75) is 51.9 Å². The second-order valence-corrected chi connectivity index (χ2v) is 8.44. The van der Waals surface area contributed by atoms with Crippen molar-refractivity contribution in [3.05, 3.63) is 60.0 Å². The minimum Gasteiger partial charge on any atom is -0.481 e. The van der Waals surface area contributed by atoms with E-state index < -0.39 is 5.97 Å². The zero-order valence-electron chi connectivity index (χ0n) is 18.6. The number of anilines is 1. The zero-order chi connectivity index (χ0) is 22.3. The predicted octanol–water partition coefficient (Wildman–Crippen LogP) is 5.30. The number of aliphatic carboxylic acids is 1. The smallest absolute Gasteiger partial charge is 0.303 e. The van der Waals surface area contributed by atoms with E-state index >= 15 is 0 Å². The van der Waals surface area contributed by atoms with Crippen LogP contribution in [0.3, 0.4) is 0 Å². The largest absolute Gasteiger partial charge is 0.481 e. The maximum atomic E-state index is 10.7. The summed E-state index contributed by atoms with van der Waals surface area (Å²) in [7, 11) is 0. The summed E-state index contributed by atoms with van der Waals surface area (Å²) in [4.78, 5) is 27.5. The highest BCUT2D eigenvalue weighted by atomic mass is 16.4. The minimum atomic E-state index is -0.709. The number of rotatable bonds is 9. The van der Waals surface area contributed by atoms with Crippen molar-refractivity contribution in [2.24, 2.45) is 0 Å². The number of unbranched alkanes of at least 4 members (excludes halogenated alkanes) is 3. The minimum absolute atomic E-state index is 0.260. The quantitative estimate of drug-likeness (QED) is 0.464. The molecule has 6 heteroatoms. The number of carbonyl (C=O) groups is 1. The first-order chi connectivity index (χ1) is 15.6. The van der Waals surface area contributed by atoms with Gasteiger partial charge in [-0.3, -0.25) is 9.78 Å². The van der Waals surface area contributed by atoms with Crippen LogP contribution in [0.15, 0.2) is 48.8 Å². The van der Waals surface area contributed by atoms with Gasteiger partial charge in [0.15, 0.2) is 5.82 Å². The van der Waals surface area contributed by atoms with E-state index in [1.165, 1.54) is 5.56 Å². The van der Waals surface area contributed by atoms with Gasteiger partial charge in [-0.25, -0.2) is 9.97 Å². The van der Waals surface area contributed by atoms with Crippen LogP contribution in [0, 0.1) is 6.92 Å². The standard InChI is InChI=1S/C26H30N4O2/c1-19-9-11-20(12-10-19)25-24(21-13-15-27-16-14-21)28-22-7-6-18-30(26(22)29-25)17-5-3-2-4-8-23(31)32/h9-16H,2-8,17-18H2,1H3,(H,31,32). The number of hydrogen-bond donors (Lipinski definition) is 1. The van der Waals surface area contributed by atoms with Gasteiger partial charge in [-0.05, 0) is 44.7 Å². The first-order valence-electron chi connectivity index (χ1n) is 11.5. The molecule has 0 fully saturated rings. The lowest BCUT2D eigenvalue weighted by Gasteiger charge is -2.30. The molecule has 0 unspecified atom stereocenters. The lowest BCUT2D eigenvalue weighted by atomic mass is 10.0. The van der Waals surface area contributed by atoms with Gasteiger partial charge >= 0.3 is 5.97 Å². The SMILES string of the molecule is Cc1ccc(-c2nc3c(nc2-c2ccncc2)CCCN3CCCCCCC(=O)O)cc1. The molecule has 1 aromatic carbocycles. The second kappa shape index (κ2) is 10.4. The molecule has 3 heterocycles. The van der Waals surface area contributed by atoms with Crippen LogP contribution < -0.4 is 4.90 Å².